The van der Waals surface area contributed by atoms with Crippen LogP contribution in [0.3, 0.4) is 0 Å². The van der Waals surface area contributed by atoms with Crippen molar-refractivity contribution >= 4 is 23.7 Å². The Hall–Kier alpha value is -2.17. The van der Waals surface area contributed by atoms with Crippen LogP contribution in [0.2, 0.25) is 0 Å². The van der Waals surface area contributed by atoms with Gasteiger partial charge in [0.05, 0.1) is 25.1 Å². The van der Waals surface area contributed by atoms with Crippen LogP contribution in [-0.2, 0) is 9.59 Å². The van der Waals surface area contributed by atoms with Gasteiger partial charge in [0.15, 0.2) is 5.78 Å². The second-order valence-electron chi connectivity index (χ2n) is 3.65. The van der Waals surface area contributed by atoms with Crippen LogP contribution in [0.4, 0.5) is 5.69 Å². The molecule has 0 aromatic heterocycles. The van der Waals surface area contributed by atoms with Crippen molar-refractivity contribution in [1.29, 1.82) is 0 Å². The predicted octanol–water partition coefficient (Wildman–Crippen LogP) is 1.18. The molecule has 0 atom stereocenters. The maximum Gasteiger partial charge on any atom is 0.227 e. The fraction of sp³-hybridized carbons (Fsp3) is 0.250. The number of hydrogen-bond acceptors (Lipinski definition) is 4. The summed E-state index contributed by atoms with van der Waals surface area (Å²) in [5.74, 6) is 0.114. The number of hydrogen-bond donors (Lipinski definition) is 1. The number of anilines is 1. The van der Waals surface area contributed by atoms with E-state index in [0.717, 1.165) is 0 Å². The number of carbonyl (C=O) groups is 3. The first-order valence-electron chi connectivity index (χ1n) is 5.24. The minimum absolute atomic E-state index is 0.149. The van der Waals surface area contributed by atoms with Crippen molar-refractivity contribution in [3.63, 3.8) is 0 Å². The number of benzene rings is 1. The molecule has 0 aliphatic carbocycles. The fourth-order valence-corrected chi connectivity index (χ4v) is 1.59. The SMILES string of the molecule is O=CCC(=O)c1ccc2c(c1)NC(=O)CCO2. The number of aldehydes is 1. The van der Waals surface area contributed by atoms with Crippen LogP contribution in [0.25, 0.3) is 0 Å². The van der Waals surface area contributed by atoms with Gasteiger partial charge in [-0.3, -0.25) is 9.59 Å². The van der Waals surface area contributed by atoms with E-state index < -0.39 is 0 Å². The summed E-state index contributed by atoms with van der Waals surface area (Å²) in [6.07, 6.45) is 0.684. The van der Waals surface area contributed by atoms with E-state index in [1.54, 1.807) is 12.1 Å². The second-order valence-corrected chi connectivity index (χ2v) is 3.65. The van der Waals surface area contributed by atoms with E-state index >= 15 is 0 Å². The first-order chi connectivity index (χ1) is 8.20. The number of amides is 1. The van der Waals surface area contributed by atoms with Crippen LogP contribution in [-0.4, -0.2) is 24.6 Å². The average Bonchev–Trinajstić information content (AvgIpc) is 2.49. The number of ketones is 1. The van der Waals surface area contributed by atoms with Gasteiger partial charge in [-0.1, -0.05) is 0 Å². The van der Waals surface area contributed by atoms with Crippen molar-refractivity contribution in [1.82, 2.24) is 0 Å². The van der Waals surface area contributed by atoms with E-state index in [4.69, 9.17) is 4.74 Å². The summed E-state index contributed by atoms with van der Waals surface area (Å²) < 4.78 is 5.35. The zero-order valence-corrected chi connectivity index (χ0v) is 9.06. The minimum Gasteiger partial charge on any atom is -0.491 e. The first kappa shape index (κ1) is 11.3. The predicted molar refractivity (Wildman–Crippen MR) is 60.2 cm³/mol. The average molecular weight is 233 g/mol. The Kier molecular flexibility index (Phi) is 3.18. The van der Waals surface area contributed by atoms with E-state index in [1.165, 1.54) is 6.07 Å². The smallest absolute Gasteiger partial charge is 0.227 e. The number of fused-ring (bicyclic) bond motifs is 1. The maximum atomic E-state index is 11.5. The molecule has 88 valence electrons. The zero-order valence-electron chi connectivity index (χ0n) is 9.06. The van der Waals surface area contributed by atoms with Gasteiger partial charge < -0.3 is 14.8 Å². The topological polar surface area (TPSA) is 72.5 Å². The molecule has 1 aromatic rings. The van der Waals surface area contributed by atoms with E-state index in [2.05, 4.69) is 5.32 Å². The highest BCUT2D eigenvalue weighted by Crippen LogP contribution is 2.28. The molecular weight excluding hydrogens is 222 g/mol. The van der Waals surface area contributed by atoms with Crippen molar-refractivity contribution in [2.45, 2.75) is 12.8 Å². The third-order valence-corrected chi connectivity index (χ3v) is 2.43. The largest absolute Gasteiger partial charge is 0.491 e. The third-order valence-electron chi connectivity index (χ3n) is 2.43. The molecule has 1 N–H and O–H groups in total. The number of ether oxygens (including phenoxy) is 1. The molecule has 0 saturated carbocycles. The molecule has 0 radical (unpaired) electrons. The van der Waals surface area contributed by atoms with Gasteiger partial charge in [-0.2, -0.15) is 0 Å². The molecule has 1 amide bonds. The van der Waals surface area contributed by atoms with Gasteiger partial charge in [0.25, 0.3) is 0 Å². The molecule has 0 spiro atoms. The van der Waals surface area contributed by atoms with Gasteiger partial charge in [0, 0.05) is 5.56 Å². The second kappa shape index (κ2) is 4.78. The lowest BCUT2D eigenvalue weighted by Gasteiger charge is -2.08. The van der Waals surface area contributed by atoms with Gasteiger partial charge in [-0.05, 0) is 18.2 Å². The highest BCUT2D eigenvalue weighted by atomic mass is 16.5. The van der Waals surface area contributed by atoms with Crippen LogP contribution >= 0.6 is 0 Å². The van der Waals surface area contributed by atoms with Gasteiger partial charge in [-0.25, -0.2) is 0 Å². The summed E-state index contributed by atoms with van der Waals surface area (Å²) in [6.45, 7) is 0.320. The molecule has 0 fully saturated rings. The summed E-state index contributed by atoms with van der Waals surface area (Å²) >= 11 is 0. The molecule has 1 heterocycles. The molecule has 5 nitrogen and oxygen atoms in total. The third kappa shape index (κ3) is 2.50. The first-order valence-corrected chi connectivity index (χ1v) is 5.24. The van der Waals surface area contributed by atoms with Crippen LogP contribution in [0.15, 0.2) is 18.2 Å². The van der Waals surface area contributed by atoms with Crippen LogP contribution in [0.1, 0.15) is 23.2 Å². The molecular formula is C12H11NO4. The quantitative estimate of drug-likeness (QED) is 0.483. The molecule has 0 bridgehead atoms. The summed E-state index contributed by atoms with van der Waals surface area (Å²) in [4.78, 5) is 33.1. The monoisotopic (exact) mass is 233 g/mol. The van der Waals surface area contributed by atoms with Crippen molar-refractivity contribution < 1.29 is 19.1 Å². The van der Waals surface area contributed by atoms with Gasteiger partial charge in [0.1, 0.15) is 12.0 Å². The summed E-state index contributed by atoms with van der Waals surface area (Å²) in [5.41, 5.74) is 0.867. The normalized spacial score (nSPS) is 14.0. The van der Waals surface area contributed by atoms with Crippen LogP contribution in [0.5, 0.6) is 5.75 Å². The summed E-state index contributed by atoms with van der Waals surface area (Å²) in [7, 11) is 0. The van der Waals surface area contributed by atoms with Crippen molar-refractivity contribution in [3.05, 3.63) is 23.8 Å². The standard InChI is InChI=1S/C12H11NO4/c14-5-3-10(15)8-1-2-11-9(7-8)13-12(16)4-6-17-11/h1-2,5,7H,3-4,6H2,(H,13,16). The number of rotatable bonds is 3. The molecule has 5 heteroatoms. The van der Waals surface area contributed by atoms with Crippen LogP contribution < -0.4 is 10.1 Å². The van der Waals surface area contributed by atoms with Crippen molar-refractivity contribution in [3.8, 4) is 5.75 Å². The summed E-state index contributed by atoms with van der Waals surface area (Å²) in [5, 5.41) is 2.66. The minimum atomic E-state index is -0.277. The Morgan fingerprint density at radius 1 is 1.47 bits per heavy atom. The maximum absolute atomic E-state index is 11.5. The Morgan fingerprint density at radius 3 is 3.06 bits per heavy atom. The molecule has 1 aliphatic rings. The fourth-order valence-electron chi connectivity index (χ4n) is 1.59. The summed E-state index contributed by atoms with van der Waals surface area (Å²) in [6, 6.07) is 4.74. The lowest BCUT2D eigenvalue weighted by atomic mass is 10.1. The molecule has 0 saturated heterocycles. The highest BCUT2D eigenvalue weighted by Gasteiger charge is 2.15. The molecule has 0 unspecified atom stereocenters. The van der Waals surface area contributed by atoms with E-state index in [0.29, 0.717) is 29.9 Å². The Balaban J connectivity index is 2.31. The molecule has 1 aromatic carbocycles. The Labute approximate surface area is 97.8 Å². The highest BCUT2D eigenvalue weighted by molar-refractivity contribution is 6.04. The van der Waals surface area contributed by atoms with Crippen LogP contribution in [0, 0.1) is 0 Å². The van der Waals surface area contributed by atoms with Gasteiger partial charge in [-0.15, -0.1) is 0 Å². The number of nitrogens with one attached hydrogen (secondary N) is 1. The Morgan fingerprint density at radius 2 is 2.29 bits per heavy atom. The lowest BCUT2D eigenvalue weighted by Crippen LogP contribution is -2.11. The van der Waals surface area contributed by atoms with Crippen molar-refractivity contribution in [2.75, 3.05) is 11.9 Å². The zero-order chi connectivity index (χ0) is 12.3. The van der Waals surface area contributed by atoms with Gasteiger partial charge in [0.2, 0.25) is 5.91 Å². The lowest BCUT2D eigenvalue weighted by molar-refractivity contribution is -0.116. The van der Waals surface area contributed by atoms with E-state index in [1.807, 2.05) is 0 Å². The van der Waals surface area contributed by atoms with E-state index in [-0.39, 0.29) is 24.5 Å². The molecule has 2 rings (SSSR count). The van der Waals surface area contributed by atoms with Crippen molar-refractivity contribution in [2.24, 2.45) is 0 Å². The number of carbonyl (C=O) groups excluding carboxylic acids is 3. The molecule has 1 aliphatic heterocycles. The number of Topliss-reactive ketones (excluding diaryl/α,β-unsaturated/α-hetero) is 1. The molecule has 17 heavy (non-hydrogen) atoms. The van der Waals surface area contributed by atoms with Gasteiger partial charge >= 0.3 is 0 Å². The van der Waals surface area contributed by atoms with E-state index in [9.17, 15) is 14.4 Å². The Bertz CT molecular complexity index is 481.